The molecule has 6 heteroatoms. The number of ether oxygens (including phenoxy) is 2. The fraction of sp³-hybridized carbons (Fsp3) is 0.364. The zero-order valence-electron chi connectivity index (χ0n) is 9.11. The maximum absolute atomic E-state index is 12.8. The molecule has 0 atom stereocenters. The second-order valence-electron chi connectivity index (χ2n) is 3.75. The van der Waals surface area contributed by atoms with Gasteiger partial charge in [0.05, 0.1) is 24.6 Å². The molecule has 0 saturated carbocycles. The normalized spacial score (nSPS) is 15.4. The number of rotatable bonds is 4. The number of hydrogen-bond donors (Lipinski definition) is 2. The number of nitrogen functional groups attached to an aromatic ring is 1. The Bertz CT molecular complexity index is 421. The van der Waals surface area contributed by atoms with Gasteiger partial charge in [0.25, 0.3) is 0 Å². The molecular weight excluding hydrogens is 227 g/mol. The van der Waals surface area contributed by atoms with Crippen molar-refractivity contribution in [2.45, 2.75) is 6.10 Å². The Hall–Kier alpha value is -1.66. The molecule has 1 aromatic carbocycles. The average molecular weight is 240 g/mol. The molecule has 2 rings (SSSR count). The summed E-state index contributed by atoms with van der Waals surface area (Å²) in [6.07, 6.45) is -0.00804. The van der Waals surface area contributed by atoms with Crippen LogP contribution in [0.2, 0.25) is 0 Å². The molecular formula is C11H13FN2O3. The minimum atomic E-state index is -0.441. The highest BCUT2D eigenvalue weighted by atomic mass is 19.1. The summed E-state index contributed by atoms with van der Waals surface area (Å²) in [5.74, 6) is -0.765. The molecule has 1 amide bonds. The third kappa shape index (κ3) is 3.15. The van der Waals surface area contributed by atoms with E-state index in [1.165, 1.54) is 12.1 Å². The zero-order chi connectivity index (χ0) is 12.3. The van der Waals surface area contributed by atoms with Gasteiger partial charge in [0.1, 0.15) is 18.5 Å². The molecule has 1 fully saturated rings. The number of carbonyl (C=O) groups excluding carboxylic acids is 1. The highest BCUT2D eigenvalue weighted by molar-refractivity contribution is 5.94. The molecule has 5 nitrogen and oxygen atoms in total. The van der Waals surface area contributed by atoms with E-state index in [1.807, 2.05) is 0 Å². The van der Waals surface area contributed by atoms with E-state index in [4.69, 9.17) is 15.2 Å². The molecule has 17 heavy (non-hydrogen) atoms. The number of benzene rings is 1. The van der Waals surface area contributed by atoms with Crippen LogP contribution in [0.4, 0.5) is 15.8 Å². The molecule has 92 valence electrons. The van der Waals surface area contributed by atoms with Crippen LogP contribution in [0.5, 0.6) is 0 Å². The van der Waals surface area contributed by atoms with Crippen LogP contribution in [0.1, 0.15) is 0 Å². The molecule has 3 N–H and O–H groups in total. The third-order valence-corrected chi connectivity index (χ3v) is 2.35. The van der Waals surface area contributed by atoms with Crippen molar-refractivity contribution in [2.24, 2.45) is 0 Å². The smallest absolute Gasteiger partial charge is 0.250 e. The minimum Gasteiger partial charge on any atom is -0.397 e. The summed E-state index contributed by atoms with van der Waals surface area (Å²) in [4.78, 5) is 11.5. The molecule has 0 radical (unpaired) electrons. The quantitative estimate of drug-likeness (QED) is 0.762. The van der Waals surface area contributed by atoms with Crippen molar-refractivity contribution < 1.29 is 18.7 Å². The number of carbonyl (C=O) groups is 1. The number of amides is 1. The van der Waals surface area contributed by atoms with Crippen LogP contribution < -0.4 is 11.1 Å². The first-order valence-electron chi connectivity index (χ1n) is 5.19. The summed E-state index contributed by atoms with van der Waals surface area (Å²) in [5, 5.41) is 2.54. The van der Waals surface area contributed by atoms with E-state index in [0.29, 0.717) is 18.9 Å². The molecule has 0 bridgehead atoms. The van der Waals surface area contributed by atoms with E-state index in [1.54, 1.807) is 0 Å². The highest BCUT2D eigenvalue weighted by Gasteiger charge is 2.20. The van der Waals surface area contributed by atoms with Gasteiger partial charge < -0.3 is 20.5 Å². The van der Waals surface area contributed by atoms with Crippen molar-refractivity contribution in [3.8, 4) is 0 Å². The highest BCUT2D eigenvalue weighted by Crippen LogP contribution is 2.18. The number of anilines is 2. The lowest BCUT2D eigenvalue weighted by Gasteiger charge is -2.25. The SMILES string of the molecule is Nc1cc(F)ccc1NC(=O)COC1COC1. The number of nitrogens with one attached hydrogen (secondary N) is 1. The van der Waals surface area contributed by atoms with E-state index in [-0.39, 0.29) is 24.3 Å². The molecule has 1 aliphatic rings. The summed E-state index contributed by atoms with van der Waals surface area (Å²) >= 11 is 0. The van der Waals surface area contributed by atoms with E-state index in [2.05, 4.69) is 5.32 Å². The lowest BCUT2D eigenvalue weighted by Crippen LogP contribution is -2.38. The van der Waals surface area contributed by atoms with Gasteiger partial charge in [0.15, 0.2) is 0 Å². The van der Waals surface area contributed by atoms with Gasteiger partial charge in [-0.3, -0.25) is 4.79 Å². The lowest BCUT2D eigenvalue weighted by molar-refractivity contribution is -0.144. The van der Waals surface area contributed by atoms with Crippen molar-refractivity contribution in [3.63, 3.8) is 0 Å². The Labute approximate surface area is 97.7 Å². The molecule has 0 unspecified atom stereocenters. The van der Waals surface area contributed by atoms with Crippen molar-refractivity contribution in [1.82, 2.24) is 0 Å². The summed E-state index contributed by atoms with van der Waals surface area (Å²) in [6.45, 7) is 0.975. The van der Waals surface area contributed by atoms with Crippen molar-refractivity contribution in [2.75, 3.05) is 30.9 Å². The van der Waals surface area contributed by atoms with Gasteiger partial charge in [-0.15, -0.1) is 0 Å². The largest absolute Gasteiger partial charge is 0.397 e. The second-order valence-corrected chi connectivity index (χ2v) is 3.75. The first kappa shape index (κ1) is 11.8. The standard InChI is InChI=1S/C11H13FN2O3/c12-7-1-2-10(9(13)3-7)14-11(15)6-17-8-4-16-5-8/h1-3,8H,4-6,13H2,(H,14,15). The molecule has 1 aliphatic heterocycles. The van der Waals surface area contributed by atoms with Crippen molar-refractivity contribution in [1.29, 1.82) is 0 Å². The predicted octanol–water partition coefficient (Wildman–Crippen LogP) is 0.762. The van der Waals surface area contributed by atoms with Gasteiger partial charge in [-0.1, -0.05) is 0 Å². The Morgan fingerprint density at radius 2 is 2.35 bits per heavy atom. The van der Waals surface area contributed by atoms with Crippen LogP contribution in [0.25, 0.3) is 0 Å². The van der Waals surface area contributed by atoms with Gasteiger partial charge in [0.2, 0.25) is 5.91 Å². The summed E-state index contributed by atoms with van der Waals surface area (Å²) in [5.41, 5.74) is 6.11. The van der Waals surface area contributed by atoms with Gasteiger partial charge in [0, 0.05) is 0 Å². The van der Waals surface area contributed by atoms with Crippen LogP contribution in [0.15, 0.2) is 18.2 Å². The fourth-order valence-electron chi connectivity index (χ4n) is 1.34. The Morgan fingerprint density at radius 3 is 2.94 bits per heavy atom. The van der Waals surface area contributed by atoms with Gasteiger partial charge in [-0.25, -0.2) is 4.39 Å². The molecule has 0 aliphatic carbocycles. The minimum absolute atomic E-state index is 0.00804. The fourth-order valence-corrected chi connectivity index (χ4v) is 1.34. The van der Waals surface area contributed by atoms with Crippen molar-refractivity contribution >= 4 is 17.3 Å². The van der Waals surface area contributed by atoms with Crippen LogP contribution in [-0.2, 0) is 14.3 Å². The van der Waals surface area contributed by atoms with E-state index in [0.717, 1.165) is 6.07 Å². The Morgan fingerprint density at radius 1 is 1.59 bits per heavy atom. The molecule has 1 saturated heterocycles. The third-order valence-electron chi connectivity index (χ3n) is 2.35. The van der Waals surface area contributed by atoms with Gasteiger partial charge >= 0.3 is 0 Å². The van der Waals surface area contributed by atoms with E-state index < -0.39 is 5.82 Å². The number of nitrogens with two attached hydrogens (primary N) is 1. The molecule has 0 spiro atoms. The van der Waals surface area contributed by atoms with Crippen LogP contribution >= 0.6 is 0 Å². The van der Waals surface area contributed by atoms with Crippen molar-refractivity contribution in [3.05, 3.63) is 24.0 Å². The monoisotopic (exact) mass is 240 g/mol. The number of halogens is 1. The number of hydrogen-bond acceptors (Lipinski definition) is 4. The van der Waals surface area contributed by atoms with Crippen LogP contribution in [-0.4, -0.2) is 31.8 Å². The zero-order valence-corrected chi connectivity index (χ0v) is 9.11. The van der Waals surface area contributed by atoms with E-state index in [9.17, 15) is 9.18 Å². The predicted molar refractivity (Wildman–Crippen MR) is 60.0 cm³/mol. The van der Waals surface area contributed by atoms with Crippen LogP contribution in [0.3, 0.4) is 0 Å². The maximum atomic E-state index is 12.8. The Kier molecular flexibility index (Phi) is 3.55. The molecule has 0 aromatic heterocycles. The van der Waals surface area contributed by atoms with Crippen LogP contribution in [0, 0.1) is 5.82 Å². The lowest BCUT2D eigenvalue weighted by atomic mass is 10.2. The second kappa shape index (κ2) is 5.11. The topological polar surface area (TPSA) is 73.6 Å². The first-order chi connectivity index (χ1) is 8.15. The van der Waals surface area contributed by atoms with Gasteiger partial charge in [-0.05, 0) is 18.2 Å². The molecule has 1 heterocycles. The maximum Gasteiger partial charge on any atom is 0.250 e. The Balaban J connectivity index is 1.84. The summed E-state index contributed by atoms with van der Waals surface area (Å²) in [7, 11) is 0. The first-order valence-corrected chi connectivity index (χ1v) is 5.19. The average Bonchev–Trinajstić information content (AvgIpc) is 2.20. The van der Waals surface area contributed by atoms with E-state index >= 15 is 0 Å². The molecule has 1 aromatic rings. The van der Waals surface area contributed by atoms with Gasteiger partial charge in [-0.2, -0.15) is 0 Å². The summed E-state index contributed by atoms with van der Waals surface area (Å²) < 4.78 is 22.9. The summed E-state index contributed by atoms with van der Waals surface area (Å²) in [6, 6.07) is 3.79.